The fourth-order valence-corrected chi connectivity index (χ4v) is 2.27. The lowest BCUT2D eigenvalue weighted by Gasteiger charge is -2.08. The van der Waals surface area contributed by atoms with Crippen LogP contribution in [0.2, 0.25) is 0 Å². The average Bonchev–Trinajstić information content (AvgIpc) is 2.87. The molecule has 2 N–H and O–H groups in total. The number of benzene rings is 1. The van der Waals surface area contributed by atoms with Gasteiger partial charge in [0, 0.05) is 19.8 Å². The topological polar surface area (TPSA) is 93.5 Å². The predicted octanol–water partition coefficient (Wildman–Crippen LogP) is 1.29. The van der Waals surface area contributed by atoms with Crippen LogP contribution in [0.15, 0.2) is 24.4 Å². The summed E-state index contributed by atoms with van der Waals surface area (Å²) in [5.74, 6) is -0.648. The molecular weight excluding hydrogens is 298 g/mol. The summed E-state index contributed by atoms with van der Waals surface area (Å²) < 4.78 is 6.75. The number of aryl methyl sites for hydroxylation is 2. The van der Waals surface area contributed by atoms with Gasteiger partial charge in [0.25, 0.3) is 0 Å². The quantitative estimate of drug-likeness (QED) is 0.837. The molecule has 1 aromatic carbocycles. The van der Waals surface area contributed by atoms with E-state index < -0.39 is 5.97 Å². The highest BCUT2D eigenvalue weighted by atomic mass is 16.5. The van der Waals surface area contributed by atoms with Gasteiger partial charge in [0.05, 0.1) is 24.7 Å². The van der Waals surface area contributed by atoms with E-state index >= 15 is 0 Å². The summed E-state index contributed by atoms with van der Waals surface area (Å²) in [6, 6.07) is 4.74. The van der Waals surface area contributed by atoms with Crippen molar-refractivity contribution in [2.75, 3.05) is 7.11 Å². The number of ether oxygens (including phenoxy) is 1. The molecule has 0 atom stereocenters. The van der Waals surface area contributed by atoms with Gasteiger partial charge in [-0.15, -0.1) is 5.10 Å². The molecule has 0 unspecified atom stereocenters. The zero-order valence-electron chi connectivity index (χ0n) is 13.3. The first-order valence-electron chi connectivity index (χ1n) is 7.06. The number of hydrogen-bond donors (Lipinski definition) is 2. The third-order valence-electron chi connectivity index (χ3n) is 3.48. The van der Waals surface area contributed by atoms with Crippen molar-refractivity contribution < 1.29 is 19.4 Å². The second kappa shape index (κ2) is 6.95. The number of carbonyl (C=O) groups excluding carboxylic acids is 1. The molecule has 1 amide bonds. The minimum Gasteiger partial charge on any atom is -0.480 e. The standard InChI is InChI=1S/C16H19N3O4/c1-10-6-12(16(21)22)5-4-11(10)7-14(20)17-8-13-9-19(2)18-15(13)23-3/h4-6,9H,7-8H2,1-3H3,(H,17,20)(H,21,22). The van der Waals surface area contributed by atoms with Gasteiger partial charge in [-0.1, -0.05) is 6.07 Å². The maximum absolute atomic E-state index is 12.1. The van der Waals surface area contributed by atoms with Crippen molar-refractivity contribution in [1.82, 2.24) is 15.1 Å². The first kappa shape index (κ1) is 16.5. The van der Waals surface area contributed by atoms with Crippen LogP contribution < -0.4 is 10.1 Å². The van der Waals surface area contributed by atoms with Gasteiger partial charge in [0.15, 0.2) is 0 Å². The molecule has 7 nitrogen and oxygen atoms in total. The number of aromatic nitrogens is 2. The van der Waals surface area contributed by atoms with Crippen molar-refractivity contribution in [3.8, 4) is 5.88 Å². The van der Waals surface area contributed by atoms with Crippen LogP contribution in [-0.4, -0.2) is 33.9 Å². The highest BCUT2D eigenvalue weighted by Gasteiger charge is 2.12. The fraction of sp³-hybridized carbons (Fsp3) is 0.312. The van der Waals surface area contributed by atoms with E-state index in [-0.39, 0.29) is 17.9 Å². The molecule has 0 aliphatic rings. The molecule has 2 aromatic rings. The van der Waals surface area contributed by atoms with Crippen LogP contribution in [0.25, 0.3) is 0 Å². The van der Waals surface area contributed by atoms with Crippen molar-refractivity contribution >= 4 is 11.9 Å². The van der Waals surface area contributed by atoms with Crippen LogP contribution >= 0.6 is 0 Å². The third kappa shape index (κ3) is 4.09. The van der Waals surface area contributed by atoms with E-state index in [9.17, 15) is 9.59 Å². The summed E-state index contributed by atoms with van der Waals surface area (Å²) >= 11 is 0. The van der Waals surface area contributed by atoms with E-state index in [0.29, 0.717) is 12.4 Å². The van der Waals surface area contributed by atoms with E-state index in [0.717, 1.165) is 16.7 Å². The van der Waals surface area contributed by atoms with Gasteiger partial charge in [-0.3, -0.25) is 9.48 Å². The van der Waals surface area contributed by atoms with Crippen LogP contribution in [0, 0.1) is 6.92 Å². The van der Waals surface area contributed by atoms with Crippen molar-refractivity contribution in [3.05, 3.63) is 46.6 Å². The predicted molar refractivity (Wildman–Crippen MR) is 83.4 cm³/mol. The highest BCUT2D eigenvalue weighted by molar-refractivity contribution is 5.88. The third-order valence-corrected chi connectivity index (χ3v) is 3.48. The van der Waals surface area contributed by atoms with E-state index in [1.165, 1.54) is 13.2 Å². The van der Waals surface area contributed by atoms with Crippen molar-refractivity contribution in [2.24, 2.45) is 7.05 Å². The number of nitrogens with one attached hydrogen (secondary N) is 1. The molecule has 122 valence electrons. The smallest absolute Gasteiger partial charge is 0.335 e. The van der Waals surface area contributed by atoms with Crippen LogP contribution in [-0.2, 0) is 24.8 Å². The maximum atomic E-state index is 12.1. The normalized spacial score (nSPS) is 10.4. The summed E-state index contributed by atoms with van der Waals surface area (Å²) in [5, 5.41) is 15.9. The van der Waals surface area contributed by atoms with Gasteiger partial charge in [-0.2, -0.15) is 0 Å². The number of rotatable bonds is 6. The Morgan fingerprint density at radius 1 is 1.35 bits per heavy atom. The van der Waals surface area contributed by atoms with Gasteiger partial charge < -0.3 is 15.2 Å². The molecule has 0 radical (unpaired) electrons. The molecule has 1 aromatic heterocycles. The highest BCUT2D eigenvalue weighted by Crippen LogP contribution is 2.15. The zero-order valence-corrected chi connectivity index (χ0v) is 13.3. The number of nitrogens with zero attached hydrogens (tertiary/aromatic N) is 2. The fourth-order valence-electron chi connectivity index (χ4n) is 2.27. The first-order chi connectivity index (χ1) is 10.9. The molecule has 23 heavy (non-hydrogen) atoms. The van der Waals surface area contributed by atoms with E-state index in [1.807, 2.05) is 0 Å². The summed E-state index contributed by atoms with van der Waals surface area (Å²) in [6.07, 6.45) is 1.97. The first-order valence-corrected chi connectivity index (χ1v) is 7.06. The lowest BCUT2D eigenvalue weighted by atomic mass is 10.0. The number of amides is 1. The summed E-state index contributed by atoms with van der Waals surface area (Å²) in [5.41, 5.74) is 2.58. The minimum absolute atomic E-state index is 0.151. The summed E-state index contributed by atoms with van der Waals surface area (Å²) in [7, 11) is 3.31. The zero-order chi connectivity index (χ0) is 17.0. The number of aromatic carboxylic acids is 1. The molecule has 1 heterocycles. The van der Waals surface area contributed by atoms with Gasteiger partial charge in [-0.25, -0.2) is 4.79 Å². The Morgan fingerprint density at radius 2 is 2.09 bits per heavy atom. The Labute approximate surface area is 133 Å². The Hall–Kier alpha value is -2.83. The molecule has 0 fully saturated rings. The molecule has 0 spiro atoms. The Balaban J connectivity index is 1.98. The van der Waals surface area contributed by atoms with Crippen LogP contribution in [0.3, 0.4) is 0 Å². The van der Waals surface area contributed by atoms with Gasteiger partial charge in [0.2, 0.25) is 11.8 Å². The molecule has 0 bridgehead atoms. The van der Waals surface area contributed by atoms with Gasteiger partial charge in [-0.05, 0) is 30.2 Å². The second-order valence-corrected chi connectivity index (χ2v) is 5.24. The van der Waals surface area contributed by atoms with Crippen molar-refractivity contribution in [2.45, 2.75) is 19.9 Å². The summed E-state index contributed by atoms with van der Waals surface area (Å²) in [4.78, 5) is 23.0. The van der Waals surface area contributed by atoms with Crippen LogP contribution in [0.1, 0.15) is 27.0 Å². The molecule has 7 heteroatoms. The SMILES string of the molecule is COc1nn(C)cc1CNC(=O)Cc1ccc(C(=O)O)cc1C. The molecule has 0 saturated heterocycles. The lowest BCUT2D eigenvalue weighted by Crippen LogP contribution is -2.25. The molecule has 0 saturated carbocycles. The van der Waals surface area contributed by atoms with E-state index in [2.05, 4.69) is 10.4 Å². The number of carboxylic acids is 1. The number of carbonyl (C=O) groups is 2. The minimum atomic E-state index is -0.979. The second-order valence-electron chi connectivity index (χ2n) is 5.24. The summed E-state index contributed by atoms with van der Waals surface area (Å²) in [6.45, 7) is 2.11. The lowest BCUT2D eigenvalue weighted by molar-refractivity contribution is -0.120. The molecular formula is C16H19N3O4. The van der Waals surface area contributed by atoms with Crippen LogP contribution in [0.5, 0.6) is 5.88 Å². The Bertz CT molecular complexity index is 737. The van der Waals surface area contributed by atoms with Crippen molar-refractivity contribution in [3.63, 3.8) is 0 Å². The monoisotopic (exact) mass is 317 g/mol. The molecule has 0 aliphatic carbocycles. The van der Waals surface area contributed by atoms with Crippen LogP contribution in [0.4, 0.5) is 0 Å². The average molecular weight is 317 g/mol. The van der Waals surface area contributed by atoms with Crippen molar-refractivity contribution in [1.29, 1.82) is 0 Å². The van der Waals surface area contributed by atoms with Gasteiger partial charge >= 0.3 is 5.97 Å². The maximum Gasteiger partial charge on any atom is 0.335 e. The Morgan fingerprint density at radius 3 is 2.70 bits per heavy atom. The number of methoxy groups -OCH3 is 1. The van der Waals surface area contributed by atoms with E-state index in [1.54, 1.807) is 37.0 Å². The molecule has 2 rings (SSSR count). The number of carboxylic acid groups (broad SMARTS) is 1. The number of hydrogen-bond acceptors (Lipinski definition) is 4. The Kier molecular flexibility index (Phi) is 5.00. The molecule has 0 aliphatic heterocycles. The largest absolute Gasteiger partial charge is 0.480 e. The van der Waals surface area contributed by atoms with Gasteiger partial charge in [0.1, 0.15) is 0 Å². The van der Waals surface area contributed by atoms with E-state index in [4.69, 9.17) is 9.84 Å².